The SMILES string of the molecule is CC(C)=C[C@@H]1C[C@@H](C(=O)NC(C#N)c2cncc3ccccc23)N(C(=O)[C@@H](NC(=O)C(F)(F)F)C(C)(C)C)C1. The Morgan fingerprint density at radius 3 is 2.38 bits per heavy atom. The van der Waals surface area contributed by atoms with Crippen LogP contribution in [-0.2, 0) is 14.4 Å². The smallest absolute Gasteiger partial charge is 0.336 e. The number of hydrogen-bond donors (Lipinski definition) is 2. The van der Waals surface area contributed by atoms with E-state index in [1.165, 1.54) is 31.9 Å². The molecular formula is C28H32F3N5O3. The molecule has 1 aliphatic heterocycles. The molecule has 1 fully saturated rings. The van der Waals surface area contributed by atoms with Crippen molar-refractivity contribution in [2.24, 2.45) is 11.3 Å². The lowest BCUT2D eigenvalue weighted by molar-refractivity contribution is -0.176. The molecule has 2 N–H and O–H groups in total. The molecule has 8 nitrogen and oxygen atoms in total. The van der Waals surface area contributed by atoms with Crippen LogP contribution in [0, 0.1) is 22.7 Å². The van der Waals surface area contributed by atoms with Crippen molar-refractivity contribution in [2.75, 3.05) is 6.54 Å². The van der Waals surface area contributed by atoms with E-state index in [9.17, 15) is 32.8 Å². The standard InChI is InChI=1S/C28H32F3N5O3/c1-16(2)10-17-11-22(36(15-17)25(38)23(27(3,4)5)35-26(39)28(29,30)31)24(37)34-21(12-32)20-14-33-13-18-8-6-7-9-19(18)20/h6-10,13-14,17,21-23H,11,15H2,1-5H3,(H,34,37)(H,35,39)/t17-,21?,22+,23-/m1/s1. The van der Waals surface area contributed by atoms with Gasteiger partial charge in [-0.1, -0.05) is 56.7 Å². The average molecular weight is 544 g/mol. The molecule has 2 aromatic rings. The molecule has 39 heavy (non-hydrogen) atoms. The molecule has 2 heterocycles. The van der Waals surface area contributed by atoms with Crippen LogP contribution in [0.2, 0.25) is 0 Å². The van der Waals surface area contributed by atoms with Crippen molar-refractivity contribution >= 4 is 28.5 Å². The number of carbonyl (C=O) groups excluding carboxylic acids is 3. The van der Waals surface area contributed by atoms with Crippen molar-refractivity contribution in [2.45, 2.75) is 65.3 Å². The van der Waals surface area contributed by atoms with Crippen LogP contribution >= 0.6 is 0 Å². The minimum absolute atomic E-state index is 0.0730. The molecule has 0 bridgehead atoms. The quantitative estimate of drug-likeness (QED) is 0.530. The van der Waals surface area contributed by atoms with Crippen molar-refractivity contribution in [1.29, 1.82) is 5.26 Å². The van der Waals surface area contributed by atoms with Gasteiger partial charge in [0.15, 0.2) is 0 Å². The second-order valence-corrected chi connectivity index (χ2v) is 11.0. The number of nitrogens with one attached hydrogen (secondary N) is 2. The number of allylic oxidation sites excluding steroid dienone is 1. The molecule has 208 valence electrons. The van der Waals surface area contributed by atoms with Crippen molar-refractivity contribution in [3.63, 3.8) is 0 Å². The van der Waals surface area contributed by atoms with Crippen LogP contribution in [0.5, 0.6) is 0 Å². The van der Waals surface area contributed by atoms with Gasteiger partial charge in [-0.3, -0.25) is 19.4 Å². The number of benzene rings is 1. The molecule has 4 atom stereocenters. The maximum absolute atomic E-state index is 13.7. The summed E-state index contributed by atoms with van der Waals surface area (Å²) in [7, 11) is 0. The summed E-state index contributed by atoms with van der Waals surface area (Å²) in [6.07, 6.45) is 0.0481. The van der Waals surface area contributed by atoms with Gasteiger partial charge in [0.1, 0.15) is 18.1 Å². The number of nitriles is 1. The van der Waals surface area contributed by atoms with Crippen molar-refractivity contribution < 1.29 is 27.6 Å². The van der Waals surface area contributed by atoms with Gasteiger partial charge in [0.2, 0.25) is 11.8 Å². The molecule has 0 spiro atoms. The summed E-state index contributed by atoms with van der Waals surface area (Å²) < 4.78 is 39.2. The zero-order valence-corrected chi connectivity index (χ0v) is 22.5. The van der Waals surface area contributed by atoms with E-state index in [0.717, 1.165) is 16.3 Å². The Morgan fingerprint density at radius 1 is 1.13 bits per heavy atom. The number of likely N-dealkylation sites (tertiary alicyclic amines) is 1. The number of alkyl halides is 3. The highest BCUT2D eigenvalue weighted by Crippen LogP contribution is 2.31. The fourth-order valence-corrected chi connectivity index (χ4v) is 4.77. The maximum Gasteiger partial charge on any atom is 0.471 e. The fraction of sp³-hybridized carbons (Fsp3) is 0.464. The first-order valence-electron chi connectivity index (χ1n) is 12.5. The Kier molecular flexibility index (Phi) is 8.68. The number of halogens is 3. The third kappa shape index (κ3) is 6.93. The Hall–Kier alpha value is -3.94. The van der Waals surface area contributed by atoms with E-state index < -0.39 is 47.4 Å². The highest BCUT2D eigenvalue weighted by molar-refractivity contribution is 5.94. The lowest BCUT2D eigenvalue weighted by atomic mass is 9.85. The second-order valence-electron chi connectivity index (χ2n) is 11.0. The lowest BCUT2D eigenvalue weighted by Gasteiger charge is -2.35. The first-order chi connectivity index (χ1) is 18.1. The highest BCUT2D eigenvalue weighted by atomic mass is 19.4. The van der Waals surface area contributed by atoms with Crippen LogP contribution in [-0.4, -0.2) is 52.4 Å². The van der Waals surface area contributed by atoms with Gasteiger partial charge < -0.3 is 15.5 Å². The predicted molar refractivity (Wildman–Crippen MR) is 139 cm³/mol. The van der Waals surface area contributed by atoms with Crippen LogP contribution in [0.4, 0.5) is 13.2 Å². The largest absolute Gasteiger partial charge is 0.471 e. The Morgan fingerprint density at radius 2 is 1.79 bits per heavy atom. The predicted octanol–water partition coefficient (Wildman–Crippen LogP) is 4.19. The molecule has 0 aliphatic carbocycles. The third-order valence-corrected chi connectivity index (χ3v) is 6.56. The Bertz CT molecular complexity index is 1320. The van der Waals surface area contributed by atoms with Gasteiger partial charge in [-0.05, 0) is 37.0 Å². The molecule has 1 aromatic carbocycles. The van der Waals surface area contributed by atoms with Gasteiger partial charge >= 0.3 is 12.1 Å². The van der Waals surface area contributed by atoms with Gasteiger partial charge in [0.05, 0.1) is 6.07 Å². The zero-order valence-electron chi connectivity index (χ0n) is 22.5. The van der Waals surface area contributed by atoms with Crippen LogP contribution in [0.15, 0.2) is 48.3 Å². The molecule has 1 aromatic heterocycles. The van der Waals surface area contributed by atoms with Crippen LogP contribution in [0.1, 0.15) is 52.6 Å². The maximum atomic E-state index is 13.7. The van der Waals surface area contributed by atoms with Gasteiger partial charge in [0.25, 0.3) is 0 Å². The van der Waals surface area contributed by atoms with Gasteiger partial charge in [-0.15, -0.1) is 0 Å². The normalized spacial score (nSPS) is 19.1. The Labute approximate surface area is 225 Å². The summed E-state index contributed by atoms with van der Waals surface area (Å²) in [6, 6.07) is 5.63. The molecule has 1 unspecified atom stereocenters. The summed E-state index contributed by atoms with van der Waals surface area (Å²) in [5.74, 6) is -3.90. The monoisotopic (exact) mass is 543 g/mol. The van der Waals surface area contributed by atoms with Crippen molar-refractivity contribution in [1.82, 2.24) is 20.5 Å². The molecule has 3 amide bonds. The molecule has 0 radical (unpaired) electrons. The van der Waals surface area contributed by atoms with E-state index in [1.807, 2.05) is 37.4 Å². The van der Waals surface area contributed by atoms with E-state index in [0.29, 0.717) is 5.56 Å². The van der Waals surface area contributed by atoms with E-state index in [1.54, 1.807) is 18.3 Å². The van der Waals surface area contributed by atoms with Crippen LogP contribution in [0.25, 0.3) is 10.8 Å². The molecule has 0 saturated carbocycles. The van der Waals surface area contributed by atoms with Crippen LogP contribution in [0.3, 0.4) is 0 Å². The van der Waals surface area contributed by atoms with E-state index in [4.69, 9.17) is 0 Å². The van der Waals surface area contributed by atoms with E-state index in [2.05, 4.69) is 16.4 Å². The molecule has 11 heteroatoms. The number of carbonyl (C=O) groups is 3. The molecular weight excluding hydrogens is 511 g/mol. The highest BCUT2D eigenvalue weighted by Gasteiger charge is 2.48. The minimum atomic E-state index is -5.18. The van der Waals surface area contributed by atoms with Crippen molar-refractivity contribution in [3.05, 3.63) is 53.9 Å². The summed E-state index contributed by atoms with van der Waals surface area (Å²) >= 11 is 0. The number of aromatic nitrogens is 1. The molecule has 1 saturated heterocycles. The molecule has 3 rings (SSSR count). The summed E-state index contributed by atoms with van der Waals surface area (Å²) in [5.41, 5.74) is 0.339. The van der Waals surface area contributed by atoms with Crippen LogP contribution < -0.4 is 10.6 Å². The Balaban J connectivity index is 1.94. The third-order valence-electron chi connectivity index (χ3n) is 6.56. The summed E-state index contributed by atoms with van der Waals surface area (Å²) in [4.78, 5) is 44.4. The average Bonchev–Trinajstić information content (AvgIpc) is 3.26. The van der Waals surface area contributed by atoms with Gasteiger partial charge in [0, 0.05) is 29.9 Å². The first kappa shape index (κ1) is 29.6. The lowest BCUT2D eigenvalue weighted by Crippen LogP contribution is -2.59. The topological polar surface area (TPSA) is 115 Å². The first-order valence-corrected chi connectivity index (χ1v) is 12.5. The number of nitrogens with zero attached hydrogens (tertiary/aromatic N) is 3. The van der Waals surface area contributed by atoms with E-state index >= 15 is 0 Å². The summed E-state index contributed by atoms with van der Waals surface area (Å²) in [5, 5.41) is 15.9. The van der Waals surface area contributed by atoms with Gasteiger partial charge in [-0.2, -0.15) is 18.4 Å². The van der Waals surface area contributed by atoms with Crippen molar-refractivity contribution in [3.8, 4) is 6.07 Å². The summed E-state index contributed by atoms with van der Waals surface area (Å²) in [6.45, 7) is 8.39. The molecule has 1 aliphatic rings. The van der Waals surface area contributed by atoms with Gasteiger partial charge in [-0.25, -0.2) is 0 Å². The second kappa shape index (κ2) is 11.4. The number of fused-ring (bicyclic) bond motifs is 1. The number of pyridine rings is 1. The number of hydrogen-bond acceptors (Lipinski definition) is 5. The minimum Gasteiger partial charge on any atom is -0.336 e. The zero-order chi connectivity index (χ0) is 29.1. The van der Waals surface area contributed by atoms with E-state index in [-0.39, 0.29) is 18.9 Å². The number of rotatable bonds is 6. The number of amides is 3. The fourth-order valence-electron chi connectivity index (χ4n) is 4.77.